The molecule has 2 N–H and O–H groups in total. The Morgan fingerprint density at radius 1 is 1.29 bits per heavy atom. The Morgan fingerprint density at radius 2 is 2.18 bits per heavy atom. The van der Waals surface area contributed by atoms with Crippen molar-refractivity contribution < 1.29 is 4.79 Å². The summed E-state index contributed by atoms with van der Waals surface area (Å²) in [5.74, 6) is 0.538. The van der Waals surface area contributed by atoms with E-state index in [4.69, 9.17) is 0 Å². The number of nitrogens with one attached hydrogen (secondary N) is 2. The van der Waals surface area contributed by atoms with E-state index in [1.54, 1.807) is 16.8 Å². The Bertz CT molecular complexity index is 1120. The molecule has 144 valence electrons. The molecule has 3 aromatic rings. The highest BCUT2D eigenvalue weighted by molar-refractivity contribution is 6.00. The van der Waals surface area contributed by atoms with Crippen LogP contribution in [0.1, 0.15) is 40.0 Å². The van der Waals surface area contributed by atoms with Gasteiger partial charge in [0, 0.05) is 43.5 Å². The summed E-state index contributed by atoms with van der Waals surface area (Å²) in [6.45, 7) is 4.19. The normalized spacial score (nSPS) is 23.4. The van der Waals surface area contributed by atoms with Crippen LogP contribution in [-0.4, -0.2) is 39.7 Å². The number of pyridine rings is 2. The van der Waals surface area contributed by atoms with Crippen molar-refractivity contribution in [2.24, 2.45) is 5.92 Å². The van der Waals surface area contributed by atoms with Crippen LogP contribution in [0.4, 0.5) is 0 Å². The summed E-state index contributed by atoms with van der Waals surface area (Å²) in [4.78, 5) is 25.5. The molecule has 5 heterocycles. The van der Waals surface area contributed by atoms with Crippen molar-refractivity contribution in [2.75, 3.05) is 19.6 Å². The van der Waals surface area contributed by atoms with Crippen molar-refractivity contribution in [1.29, 1.82) is 0 Å². The summed E-state index contributed by atoms with van der Waals surface area (Å²) in [6.07, 6.45) is 4.55. The first-order valence-corrected chi connectivity index (χ1v) is 9.76. The molecule has 2 aliphatic rings. The molecule has 2 aliphatic heterocycles. The average Bonchev–Trinajstić information content (AvgIpc) is 3.11. The molecule has 0 aromatic carbocycles. The lowest BCUT2D eigenvalue weighted by molar-refractivity contribution is 0.0934. The number of hydrogen-bond acceptors (Lipinski definition) is 4. The van der Waals surface area contributed by atoms with E-state index in [0.29, 0.717) is 23.9 Å². The van der Waals surface area contributed by atoms with Crippen LogP contribution in [0.15, 0.2) is 47.5 Å². The van der Waals surface area contributed by atoms with Gasteiger partial charge in [-0.15, -0.1) is 0 Å². The molecule has 3 atom stereocenters. The monoisotopic (exact) mass is 377 g/mol. The van der Waals surface area contributed by atoms with Crippen molar-refractivity contribution in [1.82, 2.24) is 24.8 Å². The van der Waals surface area contributed by atoms with Crippen LogP contribution in [0.5, 0.6) is 0 Å². The molecule has 7 nitrogen and oxygen atoms in total. The van der Waals surface area contributed by atoms with E-state index in [2.05, 4.69) is 15.7 Å². The first-order chi connectivity index (χ1) is 13.6. The summed E-state index contributed by atoms with van der Waals surface area (Å²) in [6, 6.07) is 9.32. The molecule has 0 radical (unpaired) electrons. The fourth-order valence-electron chi connectivity index (χ4n) is 4.72. The lowest BCUT2D eigenvalue weighted by atomic mass is 9.79. The third-order valence-corrected chi connectivity index (χ3v) is 6.08. The van der Waals surface area contributed by atoms with Crippen molar-refractivity contribution in [3.8, 4) is 0 Å². The first-order valence-electron chi connectivity index (χ1n) is 9.76. The first kappa shape index (κ1) is 17.2. The van der Waals surface area contributed by atoms with Gasteiger partial charge in [0.05, 0.1) is 23.3 Å². The highest BCUT2D eigenvalue weighted by Crippen LogP contribution is 2.38. The van der Waals surface area contributed by atoms with Gasteiger partial charge in [0.25, 0.3) is 11.5 Å². The fourth-order valence-corrected chi connectivity index (χ4v) is 4.72. The number of hydrogen-bond donors (Lipinski definition) is 2. The standard InChI is InChI=1S/C21H23N5O2/c1-13-5-6-18-16(10-24-25(18)12-13)21(28)23-11-19-15-7-14(8-22-9-15)17-3-2-4-20(27)26(17)19/h2-6,10,12,14-15,19,22H,7-9,11H2,1H3,(H,23,28)/t14-,15+,19+/m1/s1. The molecule has 0 spiro atoms. The highest BCUT2D eigenvalue weighted by atomic mass is 16.2. The van der Waals surface area contributed by atoms with Gasteiger partial charge >= 0.3 is 0 Å². The lowest BCUT2D eigenvalue weighted by Crippen LogP contribution is -2.50. The summed E-state index contributed by atoms with van der Waals surface area (Å²) in [7, 11) is 0. The molecule has 1 saturated heterocycles. The predicted octanol–water partition coefficient (Wildman–Crippen LogP) is 1.48. The summed E-state index contributed by atoms with van der Waals surface area (Å²) < 4.78 is 3.62. The van der Waals surface area contributed by atoms with Crippen molar-refractivity contribution in [3.63, 3.8) is 0 Å². The van der Waals surface area contributed by atoms with Gasteiger partial charge < -0.3 is 15.2 Å². The van der Waals surface area contributed by atoms with Crippen molar-refractivity contribution in [3.05, 3.63) is 69.9 Å². The van der Waals surface area contributed by atoms with Gasteiger partial charge in [-0.25, -0.2) is 4.52 Å². The molecule has 0 aliphatic carbocycles. The molecule has 3 aromatic heterocycles. The molecule has 7 heteroatoms. The van der Waals surface area contributed by atoms with E-state index in [0.717, 1.165) is 36.3 Å². The fraction of sp³-hybridized carbons (Fsp3) is 0.381. The van der Waals surface area contributed by atoms with E-state index >= 15 is 0 Å². The van der Waals surface area contributed by atoms with Gasteiger partial charge in [0.1, 0.15) is 0 Å². The second kappa shape index (κ2) is 6.60. The van der Waals surface area contributed by atoms with Crippen LogP contribution in [0.25, 0.3) is 5.52 Å². The second-order valence-electron chi connectivity index (χ2n) is 7.88. The Morgan fingerprint density at radius 3 is 3.07 bits per heavy atom. The minimum absolute atomic E-state index is 0.0137. The number of nitrogens with zero attached hydrogens (tertiary/aromatic N) is 3. The number of piperidine rings is 1. The Balaban J connectivity index is 1.42. The zero-order valence-corrected chi connectivity index (χ0v) is 15.8. The molecule has 1 fully saturated rings. The second-order valence-corrected chi connectivity index (χ2v) is 7.88. The van der Waals surface area contributed by atoms with E-state index in [-0.39, 0.29) is 17.5 Å². The number of aryl methyl sites for hydroxylation is 1. The SMILES string of the molecule is Cc1ccc2c(C(=O)NC[C@H]3[C@@H]4CNC[C@@H](C4)c4cccc(=O)n43)cnn2c1. The third kappa shape index (κ3) is 2.74. The van der Waals surface area contributed by atoms with E-state index in [1.807, 2.05) is 42.0 Å². The molecule has 0 saturated carbocycles. The zero-order chi connectivity index (χ0) is 19.3. The molecule has 2 bridgehead atoms. The maximum Gasteiger partial charge on any atom is 0.255 e. The smallest absolute Gasteiger partial charge is 0.255 e. The van der Waals surface area contributed by atoms with Crippen LogP contribution in [-0.2, 0) is 0 Å². The zero-order valence-electron chi connectivity index (χ0n) is 15.8. The predicted molar refractivity (Wildman–Crippen MR) is 106 cm³/mol. The topological polar surface area (TPSA) is 80.4 Å². The summed E-state index contributed by atoms with van der Waals surface area (Å²) >= 11 is 0. The van der Waals surface area contributed by atoms with E-state index < -0.39 is 0 Å². The van der Waals surface area contributed by atoms with Crippen LogP contribution >= 0.6 is 0 Å². The van der Waals surface area contributed by atoms with Gasteiger partial charge in [-0.05, 0) is 37.0 Å². The number of amides is 1. The molecule has 28 heavy (non-hydrogen) atoms. The van der Waals surface area contributed by atoms with Gasteiger partial charge in [-0.3, -0.25) is 9.59 Å². The third-order valence-electron chi connectivity index (χ3n) is 6.08. The average molecular weight is 377 g/mol. The van der Waals surface area contributed by atoms with Crippen molar-refractivity contribution >= 4 is 11.4 Å². The van der Waals surface area contributed by atoms with E-state index in [1.165, 1.54) is 0 Å². The van der Waals surface area contributed by atoms with Gasteiger partial charge in [-0.1, -0.05) is 12.1 Å². The number of carbonyl (C=O) groups excluding carboxylic acids is 1. The summed E-state index contributed by atoms with van der Waals surface area (Å²) in [5.41, 5.74) is 3.50. The van der Waals surface area contributed by atoms with Crippen LogP contribution < -0.4 is 16.2 Å². The molecular formula is C21H23N5O2. The van der Waals surface area contributed by atoms with Gasteiger partial charge in [-0.2, -0.15) is 5.10 Å². The Labute approximate surface area is 162 Å². The van der Waals surface area contributed by atoms with Gasteiger partial charge in [0.2, 0.25) is 0 Å². The van der Waals surface area contributed by atoms with E-state index in [9.17, 15) is 9.59 Å². The number of aromatic nitrogens is 3. The van der Waals surface area contributed by atoms with Crippen molar-refractivity contribution in [2.45, 2.75) is 25.3 Å². The van der Waals surface area contributed by atoms with Crippen LogP contribution in [0.3, 0.4) is 0 Å². The molecule has 1 amide bonds. The number of carbonyl (C=O) groups is 1. The van der Waals surface area contributed by atoms with Gasteiger partial charge in [0.15, 0.2) is 0 Å². The Kier molecular flexibility index (Phi) is 4.05. The molecule has 0 unspecified atom stereocenters. The lowest BCUT2D eigenvalue weighted by Gasteiger charge is -2.43. The van der Waals surface area contributed by atoms with Crippen LogP contribution in [0.2, 0.25) is 0 Å². The number of rotatable bonds is 3. The number of fused-ring (bicyclic) bond motifs is 5. The largest absolute Gasteiger partial charge is 0.350 e. The maximum absolute atomic E-state index is 12.9. The molecule has 5 rings (SSSR count). The summed E-state index contributed by atoms with van der Waals surface area (Å²) in [5, 5.41) is 10.8. The highest BCUT2D eigenvalue weighted by Gasteiger charge is 2.37. The minimum atomic E-state index is -0.157. The quantitative estimate of drug-likeness (QED) is 0.725. The Hall–Kier alpha value is -2.93. The maximum atomic E-state index is 12.9. The van der Waals surface area contributed by atoms with Crippen LogP contribution in [0, 0.1) is 12.8 Å². The minimum Gasteiger partial charge on any atom is -0.350 e. The molecular weight excluding hydrogens is 354 g/mol.